The van der Waals surface area contributed by atoms with Crippen molar-refractivity contribution in [2.75, 3.05) is 0 Å². The first-order chi connectivity index (χ1) is 5.63. The summed E-state index contributed by atoms with van der Waals surface area (Å²) in [5.74, 6) is 0.345. The maximum absolute atomic E-state index is 3.97. The van der Waals surface area contributed by atoms with Gasteiger partial charge in [-0.1, -0.05) is 44.4 Å². The van der Waals surface area contributed by atoms with Crippen molar-refractivity contribution in [2.45, 2.75) is 20.8 Å². The van der Waals surface area contributed by atoms with Crippen LogP contribution in [-0.4, -0.2) is 0 Å². The normalized spacial score (nSPS) is 13.9. The van der Waals surface area contributed by atoms with Gasteiger partial charge in [-0.2, -0.15) is 0 Å². The Bertz CT molecular complexity index is 192. The van der Waals surface area contributed by atoms with Crippen LogP contribution in [0.1, 0.15) is 20.8 Å². The molecule has 0 saturated carbocycles. The zero-order valence-corrected chi connectivity index (χ0v) is 8.30. The van der Waals surface area contributed by atoms with Gasteiger partial charge in [0.05, 0.1) is 0 Å². The van der Waals surface area contributed by atoms with Crippen LogP contribution < -0.4 is 0 Å². The molecule has 0 aromatic heterocycles. The van der Waals surface area contributed by atoms with E-state index in [9.17, 15) is 0 Å². The smallest absolute Gasteiger partial charge is 0.00490 e. The lowest BCUT2D eigenvalue weighted by molar-refractivity contribution is 0.855. The van der Waals surface area contributed by atoms with Gasteiger partial charge in [0.25, 0.3) is 0 Å². The van der Waals surface area contributed by atoms with Crippen LogP contribution in [0, 0.1) is 5.92 Å². The average Bonchev–Trinajstić information content (AvgIpc) is 2.04. The van der Waals surface area contributed by atoms with E-state index in [1.54, 1.807) is 0 Å². The Kier molecular flexibility index (Phi) is 5.11. The van der Waals surface area contributed by atoms with E-state index in [4.69, 9.17) is 0 Å². The fourth-order valence-corrected chi connectivity index (χ4v) is 0.955. The number of hydrogen-bond donors (Lipinski definition) is 0. The van der Waals surface area contributed by atoms with Crippen molar-refractivity contribution in [2.24, 2.45) is 5.92 Å². The van der Waals surface area contributed by atoms with Gasteiger partial charge in [0.2, 0.25) is 0 Å². The second kappa shape index (κ2) is 5.59. The third-order valence-electron chi connectivity index (χ3n) is 1.87. The van der Waals surface area contributed by atoms with Gasteiger partial charge < -0.3 is 0 Å². The van der Waals surface area contributed by atoms with Gasteiger partial charge in [-0.25, -0.2) is 0 Å². The SMILES string of the molecule is C=C(C=CC)C(C)C(=C)C=CC. The highest BCUT2D eigenvalue weighted by atomic mass is 14.1. The molecule has 0 heterocycles. The summed E-state index contributed by atoms with van der Waals surface area (Å²) >= 11 is 0. The Labute approximate surface area is 76.0 Å². The lowest BCUT2D eigenvalue weighted by Crippen LogP contribution is -1.97. The van der Waals surface area contributed by atoms with Crippen LogP contribution in [0.15, 0.2) is 48.6 Å². The van der Waals surface area contributed by atoms with Gasteiger partial charge in [0, 0.05) is 5.92 Å². The molecule has 0 heteroatoms. The van der Waals surface area contributed by atoms with Crippen molar-refractivity contribution >= 4 is 0 Å². The van der Waals surface area contributed by atoms with Gasteiger partial charge in [0.15, 0.2) is 0 Å². The van der Waals surface area contributed by atoms with Gasteiger partial charge >= 0.3 is 0 Å². The second-order valence-corrected chi connectivity index (χ2v) is 2.87. The van der Waals surface area contributed by atoms with E-state index in [1.807, 2.05) is 38.2 Å². The highest BCUT2D eigenvalue weighted by molar-refractivity contribution is 5.30. The highest BCUT2D eigenvalue weighted by Gasteiger charge is 2.04. The molecule has 0 amide bonds. The number of rotatable bonds is 4. The van der Waals surface area contributed by atoms with Crippen molar-refractivity contribution in [3.63, 3.8) is 0 Å². The molecule has 0 aliphatic rings. The third-order valence-corrected chi connectivity index (χ3v) is 1.87. The fourth-order valence-electron chi connectivity index (χ4n) is 0.955. The largest absolute Gasteiger partial charge is 0.0952 e. The molecular weight excluding hydrogens is 144 g/mol. The second-order valence-electron chi connectivity index (χ2n) is 2.87. The molecule has 0 nitrogen and oxygen atoms in total. The fraction of sp³-hybridized carbons (Fsp3) is 0.333. The molecule has 0 rings (SSSR count). The molecule has 0 radical (unpaired) electrons. The average molecular weight is 162 g/mol. The predicted molar refractivity (Wildman–Crippen MR) is 57.1 cm³/mol. The van der Waals surface area contributed by atoms with Crippen molar-refractivity contribution in [3.05, 3.63) is 48.6 Å². The molecule has 0 aromatic carbocycles. The first kappa shape index (κ1) is 11.0. The van der Waals surface area contributed by atoms with E-state index < -0.39 is 0 Å². The molecule has 0 spiro atoms. The van der Waals surface area contributed by atoms with E-state index in [0.29, 0.717) is 5.92 Å². The monoisotopic (exact) mass is 162 g/mol. The van der Waals surface area contributed by atoms with Gasteiger partial charge in [-0.3, -0.25) is 0 Å². The quantitative estimate of drug-likeness (QED) is 0.550. The van der Waals surface area contributed by atoms with Crippen LogP contribution in [-0.2, 0) is 0 Å². The van der Waals surface area contributed by atoms with Gasteiger partial charge in [0.1, 0.15) is 0 Å². The molecule has 0 aliphatic heterocycles. The first-order valence-corrected chi connectivity index (χ1v) is 4.26. The summed E-state index contributed by atoms with van der Waals surface area (Å²) in [5.41, 5.74) is 2.22. The molecule has 0 N–H and O–H groups in total. The molecule has 12 heavy (non-hydrogen) atoms. The number of hydrogen-bond acceptors (Lipinski definition) is 0. The predicted octanol–water partition coefficient (Wildman–Crippen LogP) is 3.89. The lowest BCUT2D eigenvalue weighted by Gasteiger charge is -2.11. The van der Waals surface area contributed by atoms with Gasteiger partial charge in [-0.15, -0.1) is 0 Å². The maximum atomic E-state index is 3.97. The summed E-state index contributed by atoms with van der Waals surface area (Å²) in [4.78, 5) is 0. The zero-order valence-electron chi connectivity index (χ0n) is 8.30. The maximum Gasteiger partial charge on any atom is 0.00490 e. The van der Waals surface area contributed by atoms with E-state index in [1.165, 1.54) is 0 Å². The van der Waals surface area contributed by atoms with E-state index >= 15 is 0 Å². The van der Waals surface area contributed by atoms with Crippen molar-refractivity contribution in [3.8, 4) is 0 Å². The van der Waals surface area contributed by atoms with Crippen LogP contribution in [0.4, 0.5) is 0 Å². The molecule has 0 unspecified atom stereocenters. The van der Waals surface area contributed by atoms with Crippen LogP contribution in [0.5, 0.6) is 0 Å². The lowest BCUT2D eigenvalue weighted by atomic mass is 9.94. The van der Waals surface area contributed by atoms with Crippen molar-refractivity contribution in [1.29, 1.82) is 0 Å². The van der Waals surface area contributed by atoms with E-state index in [0.717, 1.165) is 11.1 Å². The molecule has 0 aliphatic carbocycles. The molecule has 0 aromatic rings. The first-order valence-electron chi connectivity index (χ1n) is 4.26. The highest BCUT2D eigenvalue weighted by Crippen LogP contribution is 2.18. The minimum atomic E-state index is 0.345. The van der Waals surface area contributed by atoms with E-state index in [-0.39, 0.29) is 0 Å². The standard InChI is InChI=1S/C12H18/c1-6-8-10(3)12(5)11(4)9-7-2/h6-9,12H,3-4H2,1-2,5H3. The number of allylic oxidation sites excluding steroid dienone is 6. The summed E-state index contributed by atoms with van der Waals surface area (Å²) in [6.45, 7) is 14.0. The zero-order chi connectivity index (χ0) is 9.56. The van der Waals surface area contributed by atoms with Crippen LogP contribution in [0.3, 0.4) is 0 Å². The summed E-state index contributed by atoms with van der Waals surface area (Å²) in [5, 5.41) is 0. The Hall–Kier alpha value is -1.04. The summed E-state index contributed by atoms with van der Waals surface area (Å²) in [6.07, 6.45) is 8.06. The Balaban J connectivity index is 4.28. The van der Waals surface area contributed by atoms with Crippen LogP contribution >= 0.6 is 0 Å². The molecule has 0 atom stereocenters. The minimum absolute atomic E-state index is 0.345. The van der Waals surface area contributed by atoms with Crippen LogP contribution in [0.2, 0.25) is 0 Å². The summed E-state index contributed by atoms with van der Waals surface area (Å²) < 4.78 is 0. The molecule has 66 valence electrons. The minimum Gasteiger partial charge on any atom is -0.0952 e. The molecule has 0 bridgehead atoms. The molecular formula is C12H18. The summed E-state index contributed by atoms with van der Waals surface area (Å²) in [6, 6.07) is 0. The third kappa shape index (κ3) is 3.38. The Morgan fingerprint density at radius 2 is 1.33 bits per heavy atom. The van der Waals surface area contributed by atoms with Crippen molar-refractivity contribution < 1.29 is 0 Å². The Morgan fingerprint density at radius 1 is 1.00 bits per heavy atom. The summed E-state index contributed by atoms with van der Waals surface area (Å²) in [7, 11) is 0. The Morgan fingerprint density at radius 3 is 1.58 bits per heavy atom. The van der Waals surface area contributed by atoms with Crippen LogP contribution in [0.25, 0.3) is 0 Å². The van der Waals surface area contributed by atoms with Gasteiger partial charge in [-0.05, 0) is 25.0 Å². The van der Waals surface area contributed by atoms with E-state index in [2.05, 4.69) is 20.1 Å². The van der Waals surface area contributed by atoms with Crippen molar-refractivity contribution in [1.82, 2.24) is 0 Å². The molecule has 0 saturated heterocycles. The molecule has 0 fully saturated rings. The topological polar surface area (TPSA) is 0 Å².